The molecule has 1 amide bonds. The predicted molar refractivity (Wildman–Crippen MR) is 71.1 cm³/mol. The summed E-state index contributed by atoms with van der Waals surface area (Å²) in [6, 6.07) is 6.29. The first-order valence-corrected chi connectivity index (χ1v) is 6.65. The number of nitrogens with zero attached hydrogens (tertiary/aromatic N) is 2. The molecule has 2 aromatic rings. The summed E-state index contributed by atoms with van der Waals surface area (Å²) in [5.41, 5.74) is 2.54. The first kappa shape index (κ1) is 12.0. The highest BCUT2D eigenvalue weighted by molar-refractivity contribution is 7.16. The molecule has 0 saturated heterocycles. The molecule has 17 heavy (non-hydrogen) atoms. The largest absolute Gasteiger partial charge is 0.316 e. The number of thiazole rings is 1. The maximum Gasteiger partial charge on any atom is 0.245 e. The Kier molecular flexibility index (Phi) is 3.43. The van der Waals surface area contributed by atoms with E-state index in [1.54, 1.807) is 11.3 Å². The Hall–Kier alpha value is -1.42. The highest BCUT2D eigenvalue weighted by Gasteiger charge is 2.08. The Morgan fingerprint density at radius 1 is 1.41 bits per heavy atom. The average molecular weight is 248 g/mol. The summed E-state index contributed by atoms with van der Waals surface area (Å²) in [4.78, 5) is 16.0. The van der Waals surface area contributed by atoms with Gasteiger partial charge in [-0.2, -0.15) is 4.99 Å². The number of amides is 1. The molecule has 0 atom stereocenters. The van der Waals surface area contributed by atoms with Gasteiger partial charge in [0.05, 0.1) is 10.2 Å². The minimum absolute atomic E-state index is 0.142. The van der Waals surface area contributed by atoms with Crippen molar-refractivity contribution in [3.63, 3.8) is 0 Å². The summed E-state index contributed by atoms with van der Waals surface area (Å²) in [7, 11) is 0. The molecule has 2 rings (SSSR count). The first-order chi connectivity index (χ1) is 8.17. The van der Waals surface area contributed by atoms with Crippen molar-refractivity contribution in [3.8, 4) is 0 Å². The summed E-state index contributed by atoms with van der Waals surface area (Å²) >= 11 is 1.58. The van der Waals surface area contributed by atoms with Crippen LogP contribution in [0.1, 0.15) is 26.3 Å². The lowest BCUT2D eigenvalue weighted by atomic mass is 10.1. The Balaban J connectivity index is 2.85. The van der Waals surface area contributed by atoms with E-state index in [1.807, 2.05) is 0 Å². The van der Waals surface area contributed by atoms with Gasteiger partial charge in [0.2, 0.25) is 5.91 Å². The van der Waals surface area contributed by atoms with Crippen molar-refractivity contribution in [2.75, 3.05) is 0 Å². The molecule has 0 N–H and O–H groups in total. The minimum atomic E-state index is -0.142. The van der Waals surface area contributed by atoms with Crippen LogP contribution in [0.5, 0.6) is 0 Å². The molecule has 0 aliphatic heterocycles. The lowest BCUT2D eigenvalue weighted by Gasteiger charge is -2.04. The number of benzene rings is 1. The minimum Gasteiger partial charge on any atom is -0.316 e. The van der Waals surface area contributed by atoms with Gasteiger partial charge in [0, 0.05) is 13.5 Å². The molecule has 0 unspecified atom stereocenters. The van der Waals surface area contributed by atoms with Gasteiger partial charge in [0.25, 0.3) is 0 Å². The summed E-state index contributed by atoms with van der Waals surface area (Å²) in [5.74, 6) is -0.142. The molecule has 1 aromatic heterocycles. The summed E-state index contributed by atoms with van der Waals surface area (Å²) in [6.07, 6.45) is 0.994. The van der Waals surface area contributed by atoms with Gasteiger partial charge < -0.3 is 4.57 Å². The monoisotopic (exact) mass is 248 g/mol. The molecule has 0 aliphatic carbocycles. The van der Waals surface area contributed by atoms with E-state index in [2.05, 4.69) is 41.6 Å². The molecule has 1 aromatic carbocycles. The van der Waals surface area contributed by atoms with E-state index in [0.717, 1.165) is 17.8 Å². The normalized spacial score (nSPS) is 12.3. The van der Waals surface area contributed by atoms with E-state index >= 15 is 0 Å². The second-order valence-corrected chi connectivity index (χ2v) is 4.89. The second-order valence-electron chi connectivity index (χ2n) is 3.88. The Labute approximate surface area is 104 Å². The van der Waals surface area contributed by atoms with Gasteiger partial charge >= 0.3 is 0 Å². The van der Waals surface area contributed by atoms with Gasteiger partial charge in [-0.25, -0.2) is 0 Å². The van der Waals surface area contributed by atoms with E-state index in [0.29, 0.717) is 0 Å². The molecule has 1 heterocycles. The topological polar surface area (TPSA) is 34.4 Å². The van der Waals surface area contributed by atoms with Crippen LogP contribution in [0.15, 0.2) is 23.2 Å². The smallest absolute Gasteiger partial charge is 0.245 e. The van der Waals surface area contributed by atoms with Gasteiger partial charge in [-0.05, 0) is 25.0 Å². The summed E-state index contributed by atoms with van der Waals surface area (Å²) < 4.78 is 3.33. The van der Waals surface area contributed by atoms with Crippen LogP contribution in [0.2, 0.25) is 0 Å². The van der Waals surface area contributed by atoms with Crippen molar-refractivity contribution in [2.45, 2.75) is 33.7 Å². The van der Waals surface area contributed by atoms with Crippen molar-refractivity contribution in [1.82, 2.24) is 4.57 Å². The molecule has 0 radical (unpaired) electrons. The van der Waals surface area contributed by atoms with Crippen LogP contribution in [0.25, 0.3) is 10.2 Å². The maximum atomic E-state index is 11.1. The van der Waals surface area contributed by atoms with E-state index in [-0.39, 0.29) is 5.91 Å². The zero-order chi connectivity index (χ0) is 12.4. The molecule has 3 nitrogen and oxygen atoms in total. The number of rotatable bonds is 2. The van der Waals surface area contributed by atoms with Crippen LogP contribution in [0, 0.1) is 0 Å². The van der Waals surface area contributed by atoms with Crippen LogP contribution < -0.4 is 4.80 Å². The van der Waals surface area contributed by atoms with E-state index in [9.17, 15) is 4.79 Å². The summed E-state index contributed by atoms with van der Waals surface area (Å²) in [6.45, 7) is 6.56. The van der Waals surface area contributed by atoms with Crippen LogP contribution in [0.4, 0.5) is 0 Å². The van der Waals surface area contributed by atoms with Crippen molar-refractivity contribution in [3.05, 3.63) is 28.6 Å². The first-order valence-electron chi connectivity index (χ1n) is 5.83. The van der Waals surface area contributed by atoms with Crippen molar-refractivity contribution >= 4 is 27.5 Å². The molecule has 0 spiro atoms. The van der Waals surface area contributed by atoms with Crippen LogP contribution >= 0.6 is 11.3 Å². The fourth-order valence-corrected chi connectivity index (χ4v) is 3.19. The maximum absolute atomic E-state index is 11.1. The zero-order valence-corrected chi connectivity index (χ0v) is 11.2. The SMILES string of the molecule is CCc1cccc2sc(=NC(C)=O)n(CC)c12. The highest BCUT2D eigenvalue weighted by Crippen LogP contribution is 2.21. The Morgan fingerprint density at radius 3 is 2.76 bits per heavy atom. The Morgan fingerprint density at radius 2 is 2.18 bits per heavy atom. The van der Waals surface area contributed by atoms with Crippen LogP contribution in [-0.2, 0) is 17.8 Å². The number of carbonyl (C=O) groups is 1. The van der Waals surface area contributed by atoms with Gasteiger partial charge in [-0.15, -0.1) is 0 Å². The quantitative estimate of drug-likeness (QED) is 0.804. The number of carbonyl (C=O) groups excluding carboxylic acids is 1. The Bertz CT molecular complexity index is 622. The molecule has 0 aliphatic rings. The van der Waals surface area contributed by atoms with E-state index in [4.69, 9.17) is 0 Å². The lowest BCUT2D eigenvalue weighted by molar-refractivity contribution is -0.116. The van der Waals surface area contributed by atoms with Crippen molar-refractivity contribution < 1.29 is 4.79 Å². The predicted octanol–water partition coefficient (Wildman–Crippen LogP) is 2.73. The van der Waals surface area contributed by atoms with Gasteiger partial charge in [0.1, 0.15) is 0 Å². The van der Waals surface area contributed by atoms with Gasteiger partial charge in [0.15, 0.2) is 4.80 Å². The van der Waals surface area contributed by atoms with Crippen LogP contribution in [0.3, 0.4) is 0 Å². The third kappa shape index (κ3) is 2.17. The molecular weight excluding hydrogens is 232 g/mol. The van der Waals surface area contributed by atoms with E-state index < -0.39 is 0 Å². The third-order valence-corrected chi connectivity index (χ3v) is 3.78. The lowest BCUT2D eigenvalue weighted by Crippen LogP contribution is -2.15. The molecule has 0 bridgehead atoms. The number of hydrogen-bond acceptors (Lipinski definition) is 2. The summed E-state index contributed by atoms with van der Waals surface area (Å²) in [5, 5.41) is 0. The average Bonchev–Trinajstić information content (AvgIpc) is 2.64. The number of aryl methyl sites for hydroxylation is 2. The number of fused-ring (bicyclic) bond motifs is 1. The number of hydrogen-bond donors (Lipinski definition) is 0. The molecule has 90 valence electrons. The fourth-order valence-electron chi connectivity index (χ4n) is 2.00. The molecule has 0 saturated carbocycles. The van der Waals surface area contributed by atoms with Crippen molar-refractivity contribution in [2.24, 2.45) is 4.99 Å². The van der Waals surface area contributed by atoms with E-state index in [1.165, 1.54) is 22.7 Å². The van der Waals surface area contributed by atoms with Crippen LogP contribution in [-0.4, -0.2) is 10.5 Å². The fraction of sp³-hybridized carbons (Fsp3) is 0.385. The standard InChI is InChI=1S/C13H16N2OS/c1-4-10-7-6-8-11-12(10)15(5-2)13(17-11)14-9(3)16/h6-8H,4-5H2,1-3H3. The zero-order valence-electron chi connectivity index (χ0n) is 10.4. The highest BCUT2D eigenvalue weighted by atomic mass is 32.1. The number of aromatic nitrogens is 1. The molecule has 0 fully saturated rings. The molecular formula is C13H16N2OS. The van der Waals surface area contributed by atoms with Crippen molar-refractivity contribution in [1.29, 1.82) is 0 Å². The third-order valence-electron chi connectivity index (χ3n) is 2.73. The van der Waals surface area contributed by atoms with Gasteiger partial charge in [-0.3, -0.25) is 4.79 Å². The molecule has 4 heteroatoms. The van der Waals surface area contributed by atoms with Gasteiger partial charge in [-0.1, -0.05) is 30.4 Å². The number of para-hydroxylation sites is 1. The second kappa shape index (κ2) is 4.84.